The lowest BCUT2D eigenvalue weighted by Crippen LogP contribution is -2.36. The number of rotatable bonds is 6. The molecule has 1 aliphatic rings. The topological polar surface area (TPSA) is 67.8 Å². The predicted molar refractivity (Wildman–Crippen MR) is 108 cm³/mol. The maximum atomic E-state index is 5.46. The Labute approximate surface area is 166 Å². The van der Waals surface area contributed by atoms with E-state index in [1.165, 1.54) is 0 Å². The summed E-state index contributed by atoms with van der Waals surface area (Å²) >= 11 is 5.19. The van der Waals surface area contributed by atoms with Crippen LogP contribution in [-0.2, 0) is 13.1 Å². The van der Waals surface area contributed by atoms with Crippen LogP contribution in [0, 0.1) is 0 Å². The molecule has 1 aromatic carbocycles. The molecule has 0 bridgehead atoms. The van der Waals surface area contributed by atoms with Crippen LogP contribution >= 0.6 is 27.3 Å². The lowest BCUT2D eigenvalue weighted by atomic mass is 10.2. The Morgan fingerprint density at radius 3 is 2.92 bits per heavy atom. The number of nitrogens with zero attached hydrogens (tertiary/aromatic N) is 2. The van der Waals surface area contributed by atoms with E-state index in [4.69, 9.17) is 9.47 Å². The van der Waals surface area contributed by atoms with Crippen LogP contribution in [0.3, 0.4) is 0 Å². The van der Waals surface area contributed by atoms with Gasteiger partial charge < -0.3 is 20.1 Å². The van der Waals surface area contributed by atoms with Crippen molar-refractivity contribution in [1.82, 2.24) is 15.6 Å². The Balaban J connectivity index is 1.64. The van der Waals surface area contributed by atoms with Gasteiger partial charge in [-0.3, -0.25) is 0 Å². The Bertz CT molecular complexity index is 791. The number of ether oxygens (including phenoxy) is 2. The van der Waals surface area contributed by atoms with E-state index in [0.29, 0.717) is 19.0 Å². The van der Waals surface area contributed by atoms with Crippen molar-refractivity contribution in [2.24, 2.45) is 4.99 Å². The molecule has 0 amide bonds. The summed E-state index contributed by atoms with van der Waals surface area (Å²) in [7, 11) is 0. The first-order chi connectivity index (χ1) is 12.6. The van der Waals surface area contributed by atoms with Crippen LogP contribution in [0.5, 0.6) is 11.5 Å². The summed E-state index contributed by atoms with van der Waals surface area (Å²) in [4.78, 5) is 9.31. The number of thiazole rings is 1. The number of aromatic nitrogens is 1. The number of hydrogen-bond donors (Lipinski definition) is 2. The molecule has 1 aromatic heterocycles. The highest BCUT2D eigenvalue weighted by molar-refractivity contribution is 9.10. The number of fused-ring (bicyclic) bond motifs is 1. The first-order valence-corrected chi connectivity index (χ1v) is 10.3. The molecule has 0 aliphatic carbocycles. The molecular formula is C18H23BrN4O2S. The molecule has 26 heavy (non-hydrogen) atoms. The first kappa shape index (κ1) is 19.0. The molecule has 0 spiro atoms. The highest BCUT2D eigenvalue weighted by Crippen LogP contribution is 2.40. The van der Waals surface area contributed by atoms with Gasteiger partial charge in [-0.25, -0.2) is 9.98 Å². The standard InChI is InChI=1S/C18H23BrN4O2S/c1-4-20-18(22-8-16-23-14(9-26-16)11(2)3)21-7-12-5-13(19)17-15(6-12)24-10-25-17/h5-6,9,11H,4,7-8,10H2,1-3H3,(H2,20,21,22). The summed E-state index contributed by atoms with van der Waals surface area (Å²) in [6.07, 6.45) is 0. The quantitative estimate of drug-likeness (QED) is 0.526. The van der Waals surface area contributed by atoms with E-state index in [0.717, 1.165) is 44.7 Å². The van der Waals surface area contributed by atoms with Crippen molar-refractivity contribution < 1.29 is 9.47 Å². The van der Waals surface area contributed by atoms with E-state index in [9.17, 15) is 0 Å². The maximum Gasteiger partial charge on any atom is 0.231 e. The number of aliphatic imine (C=N–C) groups is 1. The second-order valence-corrected chi connectivity index (χ2v) is 7.98. The van der Waals surface area contributed by atoms with Gasteiger partial charge in [0.15, 0.2) is 17.5 Å². The van der Waals surface area contributed by atoms with Gasteiger partial charge in [0.2, 0.25) is 6.79 Å². The zero-order chi connectivity index (χ0) is 18.5. The molecule has 0 unspecified atom stereocenters. The number of guanidine groups is 1. The maximum absolute atomic E-state index is 5.46. The minimum atomic E-state index is 0.261. The van der Waals surface area contributed by atoms with Crippen molar-refractivity contribution in [3.8, 4) is 11.5 Å². The molecule has 1 aliphatic heterocycles. The molecule has 2 N–H and O–H groups in total. The SMILES string of the molecule is CCNC(=NCc1cc(Br)c2c(c1)OCO2)NCc1nc(C(C)C)cs1. The van der Waals surface area contributed by atoms with Crippen molar-refractivity contribution in [2.75, 3.05) is 13.3 Å². The van der Waals surface area contributed by atoms with E-state index in [-0.39, 0.29) is 6.79 Å². The summed E-state index contributed by atoms with van der Waals surface area (Å²) in [5.41, 5.74) is 2.19. The Morgan fingerprint density at radius 1 is 1.35 bits per heavy atom. The highest BCUT2D eigenvalue weighted by Gasteiger charge is 2.17. The van der Waals surface area contributed by atoms with Crippen LogP contribution in [0.4, 0.5) is 0 Å². The molecule has 0 radical (unpaired) electrons. The van der Waals surface area contributed by atoms with Gasteiger partial charge in [0.05, 0.1) is 23.3 Å². The number of benzene rings is 1. The van der Waals surface area contributed by atoms with Gasteiger partial charge in [-0.1, -0.05) is 13.8 Å². The minimum Gasteiger partial charge on any atom is -0.454 e. The highest BCUT2D eigenvalue weighted by atomic mass is 79.9. The smallest absolute Gasteiger partial charge is 0.231 e. The fourth-order valence-corrected chi connectivity index (χ4v) is 3.95. The van der Waals surface area contributed by atoms with Crippen molar-refractivity contribution in [3.63, 3.8) is 0 Å². The second kappa shape index (κ2) is 8.73. The van der Waals surface area contributed by atoms with Crippen LogP contribution in [0.25, 0.3) is 0 Å². The summed E-state index contributed by atoms with van der Waals surface area (Å²) in [6.45, 7) is 8.62. The summed E-state index contributed by atoms with van der Waals surface area (Å²) in [5, 5.41) is 9.79. The molecule has 0 atom stereocenters. The first-order valence-electron chi connectivity index (χ1n) is 8.61. The van der Waals surface area contributed by atoms with Gasteiger partial charge >= 0.3 is 0 Å². The molecule has 0 saturated heterocycles. The van der Waals surface area contributed by atoms with Crippen LogP contribution in [0.1, 0.15) is 43.0 Å². The largest absolute Gasteiger partial charge is 0.454 e. The molecule has 2 aromatic rings. The van der Waals surface area contributed by atoms with Crippen molar-refractivity contribution in [3.05, 3.63) is 38.3 Å². The van der Waals surface area contributed by atoms with Crippen LogP contribution in [0.15, 0.2) is 27.0 Å². The van der Waals surface area contributed by atoms with Crippen LogP contribution in [0.2, 0.25) is 0 Å². The third kappa shape index (κ3) is 4.67. The molecule has 0 saturated carbocycles. The Morgan fingerprint density at radius 2 is 2.19 bits per heavy atom. The van der Waals surface area contributed by atoms with Gasteiger partial charge in [-0.15, -0.1) is 11.3 Å². The Hall–Kier alpha value is -1.80. The number of hydrogen-bond acceptors (Lipinski definition) is 5. The molecule has 6 nitrogen and oxygen atoms in total. The van der Waals surface area contributed by atoms with Gasteiger partial charge in [-0.05, 0) is 46.5 Å². The van der Waals surface area contributed by atoms with Gasteiger partial charge in [0.1, 0.15) is 5.01 Å². The lowest BCUT2D eigenvalue weighted by Gasteiger charge is -2.10. The molecular weight excluding hydrogens is 416 g/mol. The molecule has 2 heterocycles. The number of nitrogens with one attached hydrogen (secondary N) is 2. The van der Waals surface area contributed by atoms with E-state index in [1.807, 2.05) is 12.1 Å². The average Bonchev–Trinajstić information content (AvgIpc) is 3.26. The third-order valence-electron chi connectivity index (χ3n) is 3.82. The van der Waals surface area contributed by atoms with Crippen LogP contribution in [-0.4, -0.2) is 24.3 Å². The van der Waals surface area contributed by atoms with Crippen LogP contribution < -0.4 is 20.1 Å². The molecule has 140 valence electrons. The lowest BCUT2D eigenvalue weighted by molar-refractivity contribution is 0.173. The fourth-order valence-electron chi connectivity index (χ4n) is 2.45. The monoisotopic (exact) mass is 438 g/mol. The average molecular weight is 439 g/mol. The van der Waals surface area contributed by atoms with Crippen molar-refractivity contribution in [1.29, 1.82) is 0 Å². The zero-order valence-electron chi connectivity index (χ0n) is 15.1. The summed E-state index contributed by atoms with van der Waals surface area (Å²) in [6, 6.07) is 3.98. The summed E-state index contributed by atoms with van der Waals surface area (Å²) < 4.78 is 11.8. The molecule has 3 rings (SSSR count). The van der Waals surface area contributed by atoms with E-state index in [1.54, 1.807) is 11.3 Å². The van der Waals surface area contributed by atoms with E-state index >= 15 is 0 Å². The van der Waals surface area contributed by atoms with E-state index < -0.39 is 0 Å². The minimum absolute atomic E-state index is 0.261. The molecule has 0 fully saturated rings. The predicted octanol–water partition coefficient (Wildman–Crippen LogP) is 4.01. The molecule has 8 heteroatoms. The zero-order valence-corrected chi connectivity index (χ0v) is 17.5. The van der Waals surface area contributed by atoms with Gasteiger partial charge in [-0.2, -0.15) is 0 Å². The third-order valence-corrected chi connectivity index (χ3v) is 5.28. The van der Waals surface area contributed by atoms with E-state index in [2.05, 4.69) is 62.7 Å². The number of halogens is 1. The Kier molecular flexibility index (Phi) is 6.37. The van der Waals surface area contributed by atoms with Gasteiger partial charge in [0.25, 0.3) is 0 Å². The van der Waals surface area contributed by atoms with Crippen molar-refractivity contribution in [2.45, 2.75) is 39.8 Å². The fraction of sp³-hybridized carbons (Fsp3) is 0.444. The van der Waals surface area contributed by atoms with Gasteiger partial charge in [0, 0.05) is 11.9 Å². The second-order valence-electron chi connectivity index (χ2n) is 6.18. The van der Waals surface area contributed by atoms with Crippen molar-refractivity contribution >= 4 is 33.2 Å². The normalized spacial score (nSPS) is 13.3. The summed E-state index contributed by atoms with van der Waals surface area (Å²) in [5.74, 6) is 2.73.